The summed E-state index contributed by atoms with van der Waals surface area (Å²) in [5.41, 5.74) is 1.68. The Hall–Kier alpha value is -3.35. The maximum atomic E-state index is 14.3. The predicted octanol–water partition coefficient (Wildman–Crippen LogP) is 2.67. The Balaban J connectivity index is 1.53. The normalized spacial score (nSPS) is 27.2. The van der Waals surface area contributed by atoms with Crippen LogP contribution in [0.15, 0.2) is 55.1 Å². The minimum atomic E-state index is -3.03. The van der Waals surface area contributed by atoms with Crippen molar-refractivity contribution in [1.29, 1.82) is 0 Å². The first-order valence-corrected chi connectivity index (χ1v) is 17.8. The molecule has 1 fully saturated rings. The van der Waals surface area contributed by atoms with Gasteiger partial charge in [-0.2, -0.15) is 0 Å². The molecule has 0 bridgehead atoms. The fraction of sp³-hybridized carbons (Fsp3) is 0.469. The molecule has 2 aromatic rings. The molecule has 10 nitrogen and oxygen atoms in total. The van der Waals surface area contributed by atoms with Crippen LogP contribution in [0.4, 0.5) is 11.4 Å². The maximum Gasteiger partial charge on any atom is 0.264 e. The summed E-state index contributed by atoms with van der Waals surface area (Å²) in [6, 6.07) is 12.6. The van der Waals surface area contributed by atoms with Crippen molar-refractivity contribution in [3.63, 3.8) is 0 Å². The van der Waals surface area contributed by atoms with Crippen LogP contribution < -0.4 is 10.2 Å². The Morgan fingerprint density at radius 1 is 1.23 bits per heavy atom. The molecule has 3 amide bonds. The van der Waals surface area contributed by atoms with E-state index in [0.29, 0.717) is 29.9 Å². The second-order valence-electron chi connectivity index (χ2n) is 12.5. The first-order chi connectivity index (χ1) is 20.3. The first-order valence-electron chi connectivity index (χ1n) is 14.8. The fourth-order valence-corrected chi connectivity index (χ4v) is 9.80. The number of hydrogen-bond acceptors (Lipinski definition) is 7. The highest BCUT2D eigenvalue weighted by molar-refractivity contribution is 6.71. The molecule has 11 heteroatoms. The summed E-state index contributed by atoms with van der Waals surface area (Å²) < 4.78 is 6.76. The monoisotopic (exact) mass is 607 g/mol. The molecule has 1 spiro atoms. The topological polar surface area (TPSA) is 140 Å². The van der Waals surface area contributed by atoms with Crippen LogP contribution in [0.25, 0.3) is 0 Å². The van der Waals surface area contributed by atoms with Crippen molar-refractivity contribution in [3.05, 3.63) is 71.8 Å². The largest absolute Gasteiger partial charge is 0.432 e. The van der Waals surface area contributed by atoms with Crippen molar-refractivity contribution < 1.29 is 34.1 Å². The minimum absolute atomic E-state index is 0.0606. The van der Waals surface area contributed by atoms with E-state index in [1.807, 2.05) is 31.2 Å². The summed E-state index contributed by atoms with van der Waals surface area (Å²) in [6.45, 7) is 11.1. The average molecular weight is 608 g/mol. The van der Waals surface area contributed by atoms with Gasteiger partial charge in [0.15, 0.2) is 13.9 Å². The molecule has 0 aromatic heterocycles. The zero-order valence-corrected chi connectivity index (χ0v) is 26.1. The molecule has 3 heterocycles. The van der Waals surface area contributed by atoms with E-state index in [4.69, 9.17) is 4.74 Å². The minimum Gasteiger partial charge on any atom is -0.432 e. The summed E-state index contributed by atoms with van der Waals surface area (Å²) in [5, 5.41) is 22.6. The predicted molar refractivity (Wildman–Crippen MR) is 165 cm³/mol. The lowest BCUT2D eigenvalue weighted by atomic mass is 9.82. The van der Waals surface area contributed by atoms with Crippen molar-refractivity contribution in [2.75, 3.05) is 23.4 Å². The second-order valence-corrected chi connectivity index (χ2v) is 16.5. The Bertz CT molecular complexity index is 1440. The van der Waals surface area contributed by atoms with Crippen molar-refractivity contribution in [3.8, 4) is 0 Å². The lowest BCUT2D eigenvalue weighted by molar-refractivity contribution is -0.150. The first kappa shape index (κ1) is 31.1. The summed E-state index contributed by atoms with van der Waals surface area (Å²) in [6.07, 6.45) is 0.109. The van der Waals surface area contributed by atoms with Gasteiger partial charge >= 0.3 is 0 Å². The number of carbonyl (C=O) groups excluding carboxylic acids is 3. The van der Waals surface area contributed by atoms with Gasteiger partial charge in [-0.25, -0.2) is 0 Å². The zero-order chi connectivity index (χ0) is 31.3. The van der Waals surface area contributed by atoms with E-state index in [0.717, 1.165) is 11.1 Å². The number of aliphatic hydroxyl groups is 2. The van der Waals surface area contributed by atoms with Gasteiger partial charge in [0.05, 0.1) is 30.9 Å². The SMILES string of the molecule is C=CCN1C(=O)[C@@]2(O[C@@H](CC(=O)N3Cc4ccccc4C[C@H]3CO)[C@H]([Si](C)(C)O)[C@H]2C)c2cc(NC(=O)[C@H](C)O)ccc21. The number of hydrogen-bond donors (Lipinski definition) is 4. The van der Waals surface area contributed by atoms with Crippen LogP contribution in [0.3, 0.4) is 0 Å². The lowest BCUT2D eigenvalue weighted by Gasteiger charge is -2.37. The van der Waals surface area contributed by atoms with Gasteiger partial charge < -0.3 is 34.9 Å². The van der Waals surface area contributed by atoms with Gasteiger partial charge in [-0.1, -0.05) is 37.3 Å². The smallest absolute Gasteiger partial charge is 0.264 e. The summed E-state index contributed by atoms with van der Waals surface area (Å²) >= 11 is 0. The maximum absolute atomic E-state index is 14.3. The average Bonchev–Trinajstić information content (AvgIpc) is 3.38. The fourth-order valence-electron chi connectivity index (χ4n) is 7.24. The van der Waals surface area contributed by atoms with Crippen LogP contribution >= 0.6 is 0 Å². The quantitative estimate of drug-likeness (QED) is 0.267. The van der Waals surface area contributed by atoms with E-state index in [-0.39, 0.29) is 37.4 Å². The van der Waals surface area contributed by atoms with Gasteiger partial charge in [0.2, 0.25) is 5.91 Å². The van der Waals surface area contributed by atoms with E-state index in [1.165, 1.54) is 6.92 Å². The van der Waals surface area contributed by atoms with Gasteiger partial charge in [-0.15, -0.1) is 6.58 Å². The van der Waals surface area contributed by atoms with E-state index >= 15 is 0 Å². The number of aliphatic hydroxyl groups excluding tert-OH is 2. The lowest BCUT2D eigenvalue weighted by Crippen LogP contribution is -2.48. The molecule has 230 valence electrons. The standard InChI is InChI=1S/C32H41N3O7Si/c1-6-13-34-26-12-11-23(33-30(39)20(3)37)15-25(26)32(31(34)40)19(2)29(43(4,5)41)27(42-32)16-28(38)35-17-22-10-8-7-9-21(22)14-24(35)18-36/h6-12,15,19-20,24,27,29,36-37,41H,1,13-14,16-18H2,2-5H3,(H,33,39)/t19-,20+,24+,27+,29-,32+/m1/s1. The van der Waals surface area contributed by atoms with Gasteiger partial charge in [0, 0.05) is 35.8 Å². The highest BCUT2D eigenvalue weighted by Crippen LogP contribution is 2.60. The molecule has 6 atom stereocenters. The summed E-state index contributed by atoms with van der Waals surface area (Å²) in [7, 11) is -3.03. The van der Waals surface area contributed by atoms with Crippen LogP contribution in [-0.2, 0) is 37.7 Å². The Labute approximate surface area is 253 Å². The van der Waals surface area contributed by atoms with Crippen LogP contribution in [0.1, 0.15) is 37.0 Å². The van der Waals surface area contributed by atoms with Crippen LogP contribution in [-0.4, -0.2) is 77.3 Å². The number of carbonyl (C=O) groups is 3. The molecule has 0 unspecified atom stereocenters. The molecular formula is C32H41N3O7Si. The van der Waals surface area contributed by atoms with Crippen molar-refractivity contribution in [1.82, 2.24) is 4.90 Å². The third-order valence-electron chi connectivity index (χ3n) is 9.20. The molecule has 0 radical (unpaired) electrons. The highest BCUT2D eigenvalue weighted by atomic mass is 28.4. The number of nitrogens with zero attached hydrogens (tertiary/aromatic N) is 2. The molecular weight excluding hydrogens is 566 g/mol. The molecule has 4 N–H and O–H groups in total. The van der Waals surface area contributed by atoms with Gasteiger partial charge in [-0.3, -0.25) is 14.4 Å². The van der Waals surface area contributed by atoms with Crippen molar-refractivity contribution in [2.24, 2.45) is 5.92 Å². The van der Waals surface area contributed by atoms with Gasteiger partial charge in [0.1, 0.15) is 6.10 Å². The Morgan fingerprint density at radius 3 is 2.56 bits per heavy atom. The number of ether oxygens (including phenoxy) is 1. The third-order valence-corrected chi connectivity index (χ3v) is 11.7. The van der Waals surface area contributed by atoms with E-state index in [1.54, 1.807) is 47.2 Å². The number of benzene rings is 2. The molecule has 3 aliphatic heterocycles. The van der Waals surface area contributed by atoms with E-state index in [2.05, 4.69) is 11.9 Å². The van der Waals surface area contributed by atoms with E-state index < -0.39 is 43.5 Å². The molecule has 0 saturated carbocycles. The molecule has 3 aliphatic rings. The Kier molecular flexibility index (Phi) is 8.40. The zero-order valence-electron chi connectivity index (χ0n) is 25.1. The molecule has 1 saturated heterocycles. The molecule has 43 heavy (non-hydrogen) atoms. The van der Waals surface area contributed by atoms with Gasteiger partial charge in [-0.05, 0) is 55.8 Å². The number of rotatable bonds is 8. The number of nitrogens with one attached hydrogen (secondary N) is 1. The molecule has 5 rings (SSSR count). The summed E-state index contributed by atoms with van der Waals surface area (Å²) in [5.74, 6) is -1.62. The molecule has 2 aromatic carbocycles. The third kappa shape index (κ3) is 5.33. The van der Waals surface area contributed by atoms with Crippen molar-refractivity contribution >= 4 is 37.4 Å². The number of anilines is 2. The highest BCUT2D eigenvalue weighted by Gasteiger charge is 2.66. The van der Waals surface area contributed by atoms with Crippen LogP contribution in [0.2, 0.25) is 18.6 Å². The summed E-state index contributed by atoms with van der Waals surface area (Å²) in [4.78, 5) is 55.3. The van der Waals surface area contributed by atoms with Crippen LogP contribution in [0.5, 0.6) is 0 Å². The van der Waals surface area contributed by atoms with Gasteiger partial charge in [0.25, 0.3) is 11.8 Å². The Morgan fingerprint density at radius 2 is 1.93 bits per heavy atom. The number of fused-ring (bicyclic) bond motifs is 3. The van der Waals surface area contributed by atoms with Crippen LogP contribution in [0, 0.1) is 5.92 Å². The van der Waals surface area contributed by atoms with Crippen molar-refractivity contribution in [2.45, 2.75) is 75.7 Å². The number of amides is 3. The molecule has 0 aliphatic carbocycles. The second kappa shape index (κ2) is 11.6. The van der Waals surface area contributed by atoms with E-state index in [9.17, 15) is 29.4 Å².